The van der Waals surface area contributed by atoms with E-state index in [2.05, 4.69) is 10.0 Å². The Labute approximate surface area is 87.6 Å². The van der Waals surface area contributed by atoms with Gasteiger partial charge in [-0.3, -0.25) is 0 Å². The van der Waals surface area contributed by atoms with Crippen molar-refractivity contribution in [2.45, 2.75) is 6.42 Å². The van der Waals surface area contributed by atoms with Crippen molar-refractivity contribution < 1.29 is 0 Å². The Balaban J connectivity index is 2.77. The molecule has 1 aromatic carbocycles. The molecule has 3 nitrogen and oxygen atoms in total. The van der Waals surface area contributed by atoms with Crippen molar-refractivity contribution in [2.75, 3.05) is 5.88 Å². The van der Waals surface area contributed by atoms with E-state index in [1.165, 1.54) is 0 Å². The third-order valence-corrected chi connectivity index (χ3v) is 1.83. The SMILES string of the molecule is [N-]=[N+]=Nc1cccc(C=CCCCl)c1. The van der Waals surface area contributed by atoms with Crippen molar-refractivity contribution >= 4 is 23.4 Å². The molecule has 0 heterocycles. The van der Waals surface area contributed by atoms with Gasteiger partial charge in [0.1, 0.15) is 0 Å². The zero-order valence-corrected chi connectivity index (χ0v) is 8.35. The molecule has 0 fully saturated rings. The Morgan fingerprint density at radius 2 is 2.36 bits per heavy atom. The molecule has 0 aliphatic rings. The van der Waals surface area contributed by atoms with Crippen LogP contribution >= 0.6 is 11.6 Å². The van der Waals surface area contributed by atoms with Gasteiger partial charge in [-0.25, -0.2) is 0 Å². The van der Waals surface area contributed by atoms with Gasteiger partial charge in [-0.05, 0) is 23.6 Å². The average molecular weight is 208 g/mol. The zero-order valence-electron chi connectivity index (χ0n) is 7.60. The normalized spacial score (nSPS) is 10.1. The minimum Gasteiger partial charge on any atom is -0.126 e. The quantitative estimate of drug-likeness (QED) is 0.306. The summed E-state index contributed by atoms with van der Waals surface area (Å²) in [5, 5.41) is 3.52. The van der Waals surface area contributed by atoms with Crippen LogP contribution in [-0.4, -0.2) is 5.88 Å². The fraction of sp³-hybridized carbons (Fsp3) is 0.200. The largest absolute Gasteiger partial charge is 0.126 e. The van der Waals surface area contributed by atoms with Crippen molar-refractivity contribution in [3.05, 3.63) is 46.3 Å². The molecule has 0 saturated heterocycles. The van der Waals surface area contributed by atoms with Gasteiger partial charge in [-0.1, -0.05) is 35.5 Å². The van der Waals surface area contributed by atoms with Crippen molar-refractivity contribution in [3.8, 4) is 0 Å². The third-order valence-electron chi connectivity index (χ3n) is 1.62. The van der Waals surface area contributed by atoms with Gasteiger partial charge in [0.05, 0.1) is 0 Å². The predicted octanol–water partition coefficient (Wildman–Crippen LogP) is 4.27. The highest BCUT2D eigenvalue weighted by Crippen LogP contribution is 2.15. The van der Waals surface area contributed by atoms with E-state index in [1.54, 1.807) is 6.07 Å². The highest BCUT2D eigenvalue weighted by molar-refractivity contribution is 6.17. The first kappa shape index (κ1) is 10.6. The van der Waals surface area contributed by atoms with E-state index in [-0.39, 0.29) is 0 Å². The topological polar surface area (TPSA) is 48.8 Å². The predicted molar refractivity (Wildman–Crippen MR) is 59.6 cm³/mol. The van der Waals surface area contributed by atoms with Crippen LogP contribution in [0.25, 0.3) is 16.5 Å². The maximum absolute atomic E-state index is 8.25. The van der Waals surface area contributed by atoms with Gasteiger partial charge in [0.2, 0.25) is 0 Å². The fourth-order valence-electron chi connectivity index (χ4n) is 1.02. The summed E-state index contributed by atoms with van der Waals surface area (Å²) in [7, 11) is 0. The minimum absolute atomic E-state index is 0.618. The van der Waals surface area contributed by atoms with Gasteiger partial charge in [-0.15, -0.1) is 11.6 Å². The minimum atomic E-state index is 0.618. The Morgan fingerprint density at radius 3 is 3.07 bits per heavy atom. The molecule has 72 valence electrons. The van der Waals surface area contributed by atoms with Crippen LogP contribution in [0.5, 0.6) is 0 Å². The summed E-state index contributed by atoms with van der Waals surface area (Å²) in [6.45, 7) is 0. The molecule has 0 aromatic heterocycles. The van der Waals surface area contributed by atoms with E-state index in [0.29, 0.717) is 11.6 Å². The van der Waals surface area contributed by atoms with Crippen LogP contribution < -0.4 is 0 Å². The highest BCUT2D eigenvalue weighted by Gasteiger charge is 1.89. The molecule has 4 heteroatoms. The zero-order chi connectivity index (χ0) is 10.2. The number of alkyl halides is 1. The number of rotatable bonds is 4. The van der Waals surface area contributed by atoms with Gasteiger partial charge in [-0.2, -0.15) is 0 Å². The van der Waals surface area contributed by atoms with E-state index in [0.717, 1.165) is 12.0 Å². The molecule has 1 rings (SSSR count). The first-order valence-electron chi connectivity index (χ1n) is 4.24. The summed E-state index contributed by atoms with van der Waals surface area (Å²) in [4.78, 5) is 2.72. The number of benzene rings is 1. The summed E-state index contributed by atoms with van der Waals surface area (Å²) in [5.41, 5.74) is 9.89. The summed E-state index contributed by atoms with van der Waals surface area (Å²) in [6.07, 6.45) is 4.79. The molecule has 0 unspecified atom stereocenters. The summed E-state index contributed by atoms with van der Waals surface area (Å²) in [5.74, 6) is 0.618. The number of hydrogen-bond donors (Lipinski definition) is 0. The van der Waals surface area contributed by atoms with Gasteiger partial charge < -0.3 is 0 Å². The van der Waals surface area contributed by atoms with Gasteiger partial charge >= 0.3 is 0 Å². The van der Waals surface area contributed by atoms with E-state index in [4.69, 9.17) is 17.1 Å². The Kier molecular flexibility index (Phi) is 4.62. The summed E-state index contributed by atoms with van der Waals surface area (Å²) >= 11 is 5.53. The third kappa shape index (κ3) is 3.52. The van der Waals surface area contributed by atoms with E-state index < -0.39 is 0 Å². The molecule has 0 saturated carbocycles. The lowest BCUT2D eigenvalue weighted by Crippen LogP contribution is -1.71. The summed E-state index contributed by atoms with van der Waals surface area (Å²) in [6, 6.07) is 7.38. The van der Waals surface area contributed by atoms with Crippen LogP contribution in [0.4, 0.5) is 5.69 Å². The van der Waals surface area contributed by atoms with Crippen molar-refractivity contribution in [3.63, 3.8) is 0 Å². The maximum Gasteiger partial charge on any atom is 0.0381 e. The molecule has 0 spiro atoms. The highest BCUT2D eigenvalue weighted by atomic mass is 35.5. The second-order valence-corrected chi connectivity index (χ2v) is 3.04. The van der Waals surface area contributed by atoms with Gasteiger partial charge in [0, 0.05) is 16.5 Å². The van der Waals surface area contributed by atoms with Crippen LogP contribution in [-0.2, 0) is 0 Å². The van der Waals surface area contributed by atoms with Crippen LogP contribution in [0.1, 0.15) is 12.0 Å². The lowest BCUT2D eigenvalue weighted by Gasteiger charge is -1.94. The number of nitrogens with zero attached hydrogens (tertiary/aromatic N) is 3. The lowest BCUT2D eigenvalue weighted by molar-refractivity contribution is 1.24. The van der Waals surface area contributed by atoms with Crippen molar-refractivity contribution in [1.29, 1.82) is 0 Å². The molecule has 0 radical (unpaired) electrons. The standard InChI is InChI=1S/C10H10ClN3/c11-7-2-1-4-9-5-3-6-10(8-9)13-14-12/h1,3-6,8H,2,7H2. The molecule has 0 aliphatic heterocycles. The van der Waals surface area contributed by atoms with Crippen molar-refractivity contribution in [1.82, 2.24) is 0 Å². The van der Waals surface area contributed by atoms with E-state index >= 15 is 0 Å². The summed E-state index contributed by atoms with van der Waals surface area (Å²) < 4.78 is 0. The van der Waals surface area contributed by atoms with Crippen LogP contribution in [0, 0.1) is 0 Å². The number of azide groups is 1. The number of allylic oxidation sites excluding steroid dienone is 1. The van der Waals surface area contributed by atoms with Gasteiger partial charge in [0.25, 0.3) is 0 Å². The molecule has 0 amide bonds. The molecule has 14 heavy (non-hydrogen) atoms. The molecule has 0 N–H and O–H groups in total. The molecule has 0 atom stereocenters. The van der Waals surface area contributed by atoms with Crippen LogP contribution in [0.2, 0.25) is 0 Å². The van der Waals surface area contributed by atoms with E-state index in [1.807, 2.05) is 30.4 Å². The molecular weight excluding hydrogens is 198 g/mol. The number of halogens is 1. The molecule has 0 bridgehead atoms. The monoisotopic (exact) mass is 207 g/mol. The van der Waals surface area contributed by atoms with Crippen LogP contribution in [0.3, 0.4) is 0 Å². The average Bonchev–Trinajstić information content (AvgIpc) is 2.19. The second-order valence-electron chi connectivity index (χ2n) is 2.66. The fourth-order valence-corrected chi connectivity index (χ4v) is 1.15. The Bertz CT molecular complexity index is 367. The second kappa shape index (κ2) is 6.08. The molecular formula is C10H10ClN3. The molecule has 0 aliphatic carbocycles. The molecule has 1 aromatic rings. The van der Waals surface area contributed by atoms with Crippen molar-refractivity contribution in [2.24, 2.45) is 5.11 Å². The van der Waals surface area contributed by atoms with Crippen LogP contribution in [0.15, 0.2) is 35.5 Å². The Hall–Kier alpha value is -1.44. The number of hydrogen-bond acceptors (Lipinski definition) is 1. The van der Waals surface area contributed by atoms with E-state index in [9.17, 15) is 0 Å². The smallest absolute Gasteiger partial charge is 0.0381 e. The first-order valence-corrected chi connectivity index (χ1v) is 4.78. The lowest BCUT2D eigenvalue weighted by atomic mass is 10.2. The first-order chi connectivity index (χ1) is 6.86. The maximum atomic E-state index is 8.25. The Morgan fingerprint density at radius 1 is 1.50 bits per heavy atom. The van der Waals surface area contributed by atoms with Gasteiger partial charge in [0.15, 0.2) is 0 Å².